The molecule has 17 heavy (non-hydrogen) atoms. The highest BCUT2D eigenvalue weighted by Crippen LogP contribution is 2.45. The van der Waals surface area contributed by atoms with Crippen molar-refractivity contribution in [3.05, 3.63) is 35.4 Å². The van der Waals surface area contributed by atoms with Gasteiger partial charge in [0, 0.05) is 6.04 Å². The molecule has 1 fully saturated rings. The number of fused-ring (bicyclic) bond motifs is 1. The maximum atomic E-state index is 6.48. The highest BCUT2D eigenvalue weighted by molar-refractivity contribution is 5.40. The smallest absolute Gasteiger partial charge is 0.00988 e. The monoisotopic (exact) mass is 229 g/mol. The first kappa shape index (κ1) is 11.3. The highest BCUT2D eigenvalue weighted by atomic mass is 14.7. The molecule has 0 aliphatic heterocycles. The van der Waals surface area contributed by atoms with Crippen molar-refractivity contribution in [2.24, 2.45) is 11.1 Å². The predicted molar refractivity (Wildman–Crippen MR) is 72.1 cm³/mol. The standard InChI is InChI=1S/C16H23N/c1-16(8-4-5-9-16)15(17)11-13-10-12-6-2-3-7-14(12)13/h2-3,6-7,13,15H,4-5,8-11,17H2,1H3. The SMILES string of the molecule is CC1(C(N)CC2Cc3ccccc32)CCCC1. The van der Waals surface area contributed by atoms with Crippen molar-refractivity contribution in [1.29, 1.82) is 0 Å². The van der Waals surface area contributed by atoms with E-state index in [0.29, 0.717) is 11.5 Å². The van der Waals surface area contributed by atoms with Crippen LogP contribution in [-0.2, 0) is 6.42 Å². The molecule has 2 unspecified atom stereocenters. The molecule has 0 radical (unpaired) electrons. The minimum absolute atomic E-state index is 0.392. The van der Waals surface area contributed by atoms with Crippen LogP contribution >= 0.6 is 0 Å². The first-order valence-electron chi connectivity index (χ1n) is 7.02. The van der Waals surface area contributed by atoms with E-state index < -0.39 is 0 Å². The van der Waals surface area contributed by atoms with Gasteiger partial charge in [0.1, 0.15) is 0 Å². The van der Waals surface area contributed by atoms with Gasteiger partial charge in [0.2, 0.25) is 0 Å². The van der Waals surface area contributed by atoms with Gasteiger partial charge in [-0.2, -0.15) is 0 Å². The molecule has 1 nitrogen and oxygen atoms in total. The van der Waals surface area contributed by atoms with Gasteiger partial charge in [-0.3, -0.25) is 0 Å². The van der Waals surface area contributed by atoms with E-state index in [1.807, 2.05) is 0 Å². The van der Waals surface area contributed by atoms with E-state index in [9.17, 15) is 0 Å². The second kappa shape index (κ2) is 4.13. The Balaban J connectivity index is 1.66. The van der Waals surface area contributed by atoms with Crippen LogP contribution in [-0.4, -0.2) is 6.04 Å². The van der Waals surface area contributed by atoms with E-state index in [4.69, 9.17) is 5.73 Å². The molecule has 0 spiro atoms. The largest absolute Gasteiger partial charge is 0.327 e. The maximum absolute atomic E-state index is 6.48. The van der Waals surface area contributed by atoms with Crippen molar-refractivity contribution in [3.8, 4) is 0 Å². The first-order valence-corrected chi connectivity index (χ1v) is 7.02. The minimum Gasteiger partial charge on any atom is -0.327 e. The number of rotatable bonds is 3. The van der Waals surface area contributed by atoms with Crippen LogP contribution in [0.25, 0.3) is 0 Å². The Morgan fingerprint density at radius 3 is 2.71 bits per heavy atom. The van der Waals surface area contributed by atoms with Crippen molar-refractivity contribution in [1.82, 2.24) is 0 Å². The van der Waals surface area contributed by atoms with E-state index in [1.54, 1.807) is 11.1 Å². The Hall–Kier alpha value is -0.820. The topological polar surface area (TPSA) is 26.0 Å². The van der Waals surface area contributed by atoms with E-state index in [0.717, 1.165) is 5.92 Å². The lowest BCUT2D eigenvalue weighted by molar-refractivity contribution is 0.235. The zero-order valence-electron chi connectivity index (χ0n) is 10.8. The third-order valence-corrected chi connectivity index (χ3v) is 5.14. The molecule has 92 valence electrons. The Morgan fingerprint density at radius 2 is 2.00 bits per heavy atom. The fourth-order valence-electron chi connectivity index (χ4n) is 3.72. The third kappa shape index (κ3) is 1.91. The van der Waals surface area contributed by atoms with Gasteiger partial charge in [-0.1, -0.05) is 44.0 Å². The number of hydrogen-bond acceptors (Lipinski definition) is 1. The Labute approximate surface area is 104 Å². The molecule has 1 saturated carbocycles. The molecule has 2 atom stereocenters. The summed E-state index contributed by atoms with van der Waals surface area (Å²) in [4.78, 5) is 0. The Morgan fingerprint density at radius 1 is 1.29 bits per heavy atom. The molecule has 3 rings (SSSR count). The lowest BCUT2D eigenvalue weighted by Crippen LogP contribution is -2.40. The van der Waals surface area contributed by atoms with Gasteiger partial charge in [-0.25, -0.2) is 0 Å². The molecule has 1 aromatic carbocycles. The Bertz CT molecular complexity index is 404. The van der Waals surface area contributed by atoms with E-state index in [1.165, 1.54) is 38.5 Å². The minimum atomic E-state index is 0.392. The van der Waals surface area contributed by atoms with Crippen LogP contribution in [0.3, 0.4) is 0 Å². The molecule has 0 saturated heterocycles. The zero-order valence-corrected chi connectivity index (χ0v) is 10.8. The molecule has 1 aromatic rings. The number of nitrogens with two attached hydrogens (primary N) is 1. The normalized spacial score (nSPS) is 27.3. The van der Waals surface area contributed by atoms with Gasteiger partial charge in [0.25, 0.3) is 0 Å². The van der Waals surface area contributed by atoms with Gasteiger partial charge in [-0.05, 0) is 48.1 Å². The summed E-state index contributed by atoms with van der Waals surface area (Å²) >= 11 is 0. The average molecular weight is 229 g/mol. The molecule has 2 aliphatic rings. The zero-order chi connectivity index (χ0) is 11.9. The first-order chi connectivity index (χ1) is 8.19. The fourth-order valence-corrected chi connectivity index (χ4v) is 3.72. The van der Waals surface area contributed by atoms with E-state index in [2.05, 4.69) is 31.2 Å². The summed E-state index contributed by atoms with van der Waals surface area (Å²) in [5.74, 6) is 0.735. The molecule has 1 heteroatoms. The van der Waals surface area contributed by atoms with Crippen LogP contribution in [0.15, 0.2) is 24.3 Å². The van der Waals surface area contributed by atoms with Crippen LogP contribution < -0.4 is 5.73 Å². The summed E-state index contributed by atoms with van der Waals surface area (Å²) in [5.41, 5.74) is 10.0. The van der Waals surface area contributed by atoms with Crippen LogP contribution in [0.4, 0.5) is 0 Å². The van der Waals surface area contributed by atoms with Crippen molar-refractivity contribution < 1.29 is 0 Å². The third-order valence-electron chi connectivity index (χ3n) is 5.14. The summed E-state index contributed by atoms with van der Waals surface area (Å²) in [6, 6.07) is 9.24. The molecular formula is C16H23N. The lowest BCUT2D eigenvalue weighted by atomic mass is 9.69. The maximum Gasteiger partial charge on any atom is 0.00988 e. The van der Waals surface area contributed by atoms with Gasteiger partial charge < -0.3 is 5.73 Å². The predicted octanol–water partition coefficient (Wildman–Crippen LogP) is 3.62. The molecule has 2 aliphatic carbocycles. The summed E-state index contributed by atoms with van der Waals surface area (Å²) < 4.78 is 0. The summed E-state index contributed by atoms with van der Waals surface area (Å²) in [6.45, 7) is 2.40. The van der Waals surface area contributed by atoms with E-state index in [-0.39, 0.29) is 0 Å². The second-order valence-corrected chi connectivity index (χ2v) is 6.30. The molecule has 0 heterocycles. The fraction of sp³-hybridized carbons (Fsp3) is 0.625. The van der Waals surface area contributed by atoms with Crippen LogP contribution in [0.2, 0.25) is 0 Å². The highest BCUT2D eigenvalue weighted by Gasteiger charge is 2.37. The Kier molecular flexibility index (Phi) is 2.74. The molecule has 0 aromatic heterocycles. The van der Waals surface area contributed by atoms with E-state index >= 15 is 0 Å². The summed E-state index contributed by atoms with van der Waals surface area (Å²) in [7, 11) is 0. The molecule has 0 bridgehead atoms. The van der Waals surface area contributed by atoms with Crippen LogP contribution in [0.5, 0.6) is 0 Å². The number of hydrogen-bond donors (Lipinski definition) is 1. The van der Waals surface area contributed by atoms with Gasteiger partial charge in [0.05, 0.1) is 0 Å². The van der Waals surface area contributed by atoms with Crippen molar-refractivity contribution in [2.75, 3.05) is 0 Å². The van der Waals surface area contributed by atoms with Crippen molar-refractivity contribution in [3.63, 3.8) is 0 Å². The summed E-state index contributed by atoms with van der Waals surface area (Å²) in [6.07, 6.45) is 7.87. The summed E-state index contributed by atoms with van der Waals surface area (Å²) in [5, 5.41) is 0. The van der Waals surface area contributed by atoms with Gasteiger partial charge in [0.15, 0.2) is 0 Å². The number of benzene rings is 1. The quantitative estimate of drug-likeness (QED) is 0.841. The van der Waals surface area contributed by atoms with Gasteiger partial charge >= 0.3 is 0 Å². The van der Waals surface area contributed by atoms with Crippen molar-refractivity contribution >= 4 is 0 Å². The van der Waals surface area contributed by atoms with Gasteiger partial charge in [-0.15, -0.1) is 0 Å². The molecule has 2 N–H and O–H groups in total. The van der Waals surface area contributed by atoms with Crippen LogP contribution in [0, 0.1) is 5.41 Å². The molecule has 0 amide bonds. The van der Waals surface area contributed by atoms with Crippen molar-refractivity contribution in [2.45, 2.75) is 57.4 Å². The van der Waals surface area contributed by atoms with Crippen LogP contribution in [0.1, 0.15) is 56.1 Å². The average Bonchev–Trinajstić information content (AvgIpc) is 2.74. The second-order valence-electron chi connectivity index (χ2n) is 6.30. The molecular weight excluding hydrogens is 206 g/mol. The lowest BCUT2D eigenvalue weighted by Gasteiger charge is -2.38.